The molecular weight excluding hydrogens is 426 g/mol. The minimum absolute atomic E-state index is 0.0103. The second kappa shape index (κ2) is 14.5. The highest BCUT2D eigenvalue weighted by atomic mass is 28.4. The van der Waals surface area contributed by atoms with Crippen LogP contribution in [0.4, 0.5) is 4.79 Å². The highest BCUT2D eigenvalue weighted by Crippen LogP contribution is 2.14. The van der Waals surface area contributed by atoms with E-state index in [-0.39, 0.29) is 26.2 Å². The first-order valence-electron chi connectivity index (χ1n) is 9.87. The van der Waals surface area contributed by atoms with Crippen molar-refractivity contribution in [1.82, 2.24) is 5.32 Å². The number of amides is 1. The lowest BCUT2D eigenvalue weighted by Crippen LogP contribution is -2.43. The zero-order chi connectivity index (χ0) is 23.1. The monoisotopic (exact) mass is 457 g/mol. The summed E-state index contributed by atoms with van der Waals surface area (Å²) in [4.78, 5) is 35.3. The molecule has 0 aliphatic heterocycles. The Hall–Kier alpha value is -2.47. The number of rotatable bonds is 14. The molecule has 0 heterocycles. The van der Waals surface area contributed by atoms with Crippen LogP contribution in [0.1, 0.15) is 29.3 Å². The largest absolute Gasteiger partial charge is 0.500 e. The maximum absolute atomic E-state index is 11.9. The minimum atomic E-state index is -2.66. The number of benzene rings is 1. The number of carbonyl (C=O) groups is 3. The van der Waals surface area contributed by atoms with Crippen LogP contribution in [0, 0.1) is 0 Å². The van der Waals surface area contributed by atoms with Crippen LogP contribution in [0.5, 0.6) is 0 Å². The third kappa shape index (κ3) is 9.92. The summed E-state index contributed by atoms with van der Waals surface area (Å²) in [5, 5.41) is 2.59. The molecule has 0 aliphatic carbocycles. The lowest BCUT2D eigenvalue weighted by atomic mass is 10.1. The van der Waals surface area contributed by atoms with E-state index in [4.69, 9.17) is 27.5 Å². The van der Waals surface area contributed by atoms with Crippen molar-refractivity contribution in [2.75, 3.05) is 47.7 Å². The molecule has 0 saturated carbocycles. The Morgan fingerprint density at radius 1 is 0.968 bits per heavy atom. The van der Waals surface area contributed by atoms with Crippen LogP contribution >= 0.6 is 0 Å². The number of hydrogen-bond acceptors (Lipinski definition) is 9. The predicted octanol–water partition coefficient (Wildman–Crippen LogP) is 1.94. The number of carbonyl (C=O) groups excluding carboxylic acids is 3. The van der Waals surface area contributed by atoms with Gasteiger partial charge in [0.2, 0.25) is 0 Å². The number of ether oxygens (including phenoxy) is 3. The van der Waals surface area contributed by atoms with Crippen molar-refractivity contribution in [3.63, 3.8) is 0 Å². The van der Waals surface area contributed by atoms with Crippen LogP contribution in [0.2, 0.25) is 6.04 Å². The van der Waals surface area contributed by atoms with Gasteiger partial charge in [0.1, 0.15) is 13.2 Å². The molecular formula is C20H31NO9Si. The standard InChI is InChI=1S/C20H31NO9Si/c1-5-28-19(23)17-9-6-8-16(14-17)15-18(22)29-11-12-30-20(24)21-10-7-13-31(25-2,26-3)27-4/h6,8-9,14H,5,7,10-13,15H2,1-4H3,(H,21,24). The Balaban J connectivity index is 2.23. The molecule has 1 amide bonds. The van der Waals surface area contributed by atoms with Gasteiger partial charge in [0.15, 0.2) is 0 Å². The molecule has 0 spiro atoms. The van der Waals surface area contributed by atoms with E-state index in [9.17, 15) is 14.4 Å². The summed E-state index contributed by atoms with van der Waals surface area (Å²) in [6.45, 7) is 2.21. The van der Waals surface area contributed by atoms with E-state index in [1.807, 2.05) is 0 Å². The van der Waals surface area contributed by atoms with Gasteiger partial charge in [0, 0.05) is 33.9 Å². The van der Waals surface area contributed by atoms with Crippen LogP contribution in [-0.4, -0.2) is 74.5 Å². The van der Waals surface area contributed by atoms with Gasteiger partial charge in [-0.1, -0.05) is 12.1 Å². The van der Waals surface area contributed by atoms with Crippen molar-refractivity contribution < 1.29 is 41.9 Å². The van der Waals surface area contributed by atoms with Gasteiger partial charge in [-0.05, 0) is 31.0 Å². The quantitative estimate of drug-likeness (QED) is 0.193. The Bertz CT molecular complexity index is 701. The molecule has 0 saturated heterocycles. The second-order valence-corrected chi connectivity index (χ2v) is 9.37. The van der Waals surface area contributed by atoms with Gasteiger partial charge < -0.3 is 32.8 Å². The molecule has 0 unspecified atom stereocenters. The summed E-state index contributed by atoms with van der Waals surface area (Å²) in [7, 11) is 1.93. The molecule has 1 N–H and O–H groups in total. The lowest BCUT2D eigenvalue weighted by molar-refractivity contribution is -0.143. The Kier molecular flexibility index (Phi) is 12.4. The molecule has 1 rings (SSSR count). The summed E-state index contributed by atoms with van der Waals surface area (Å²) in [6.07, 6.45) is -0.0296. The Morgan fingerprint density at radius 3 is 2.29 bits per heavy atom. The average molecular weight is 458 g/mol. The fraction of sp³-hybridized carbons (Fsp3) is 0.550. The third-order valence-electron chi connectivity index (χ3n) is 4.23. The van der Waals surface area contributed by atoms with Crippen molar-refractivity contribution in [2.24, 2.45) is 0 Å². The number of esters is 2. The first-order valence-corrected chi connectivity index (χ1v) is 11.8. The van der Waals surface area contributed by atoms with Gasteiger partial charge in [-0.3, -0.25) is 4.79 Å². The Labute approximate surface area is 183 Å². The lowest BCUT2D eigenvalue weighted by Gasteiger charge is -2.24. The highest BCUT2D eigenvalue weighted by Gasteiger charge is 2.36. The van der Waals surface area contributed by atoms with Crippen molar-refractivity contribution in [1.29, 1.82) is 0 Å². The van der Waals surface area contributed by atoms with E-state index < -0.39 is 26.8 Å². The van der Waals surface area contributed by atoms with E-state index >= 15 is 0 Å². The van der Waals surface area contributed by atoms with E-state index in [1.165, 1.54) is 21.3 Å². The molecule has 0 radical (unpaired) electrons. The fourth-order valence-electron chi connectivity index (χ4n) is 2.63. The average Bonchev–Trinajstić information content (AvgIpc) is 2.78. The molecule has 1 aromatic rings. The van der Waals surface area contributed by atoms with Crippen molar-refractivity contribution >= 4 is 26.8 Å². The smallest absolute Gasteiger partial charge is 0.462 e. The summed E-state index contributed by atoms with van der Waals surface area (Å²) in [5.41, 5.74) is 0.991. The highest BCUT2D eigenvalue weighted by molar-refractivity contribution is 6.60. The molecule has 174 valence electrons. The molecule has 0 aliphatic rings. The molecule has 0 atom stereocenters. The van der Waals surface area contributed by atoms with Gasteiger partial charge in [0.25, 0.3) is 0 Å². The maximum Gasteiger partial charge on any atom is 0.500 e. The third-order valence-corrected chi connectivity index (χ3v) is 7.06. The van der Waals surface area contributed by atoms with Crippen molar-refractivity contribution in [2.45, 2.75) is 25.8 Å². The molecule has 0 aromatic heterocycles. The summed E-state index contributed by atoms with van der Waals surface area (Å²) in [6, 6.07) is 7.12. The first kappa shape index (κ1) is 26.6. The number of alkyl carbamates (subject to hydrolysis) is 1. The van der Waals surface area contributed by atoms with Gasteiger partial charge in [-0.2, -0.15) is 0 Å². The molecule has 0 bridgehead atoms. The normalized spacial score (nSPS) is 11.0. The molecule has 10 nitrogen and oxygen atoms in total. The van der Waals surface area contributed by atoms with E-state index in [2.05, 4.69) is 5.32 Å². The van der Waals surface area contributed by atoms with Crippen LogP contribution in [-0.2, 0) is 38.7 Å². The zero-order valence-corrected chi connectivity index (χ0v) is 19.4. The zero-order valence-electron chi connectivity index (χ0n) is 18.4. The van der Waals surface area contributed by atoms with Crippen LogP contribution in [0.15, 0.2) is 24.3 Å². The van der Waals surface area contributed by atoms with E-state index in [0.717, 1.165) is 0 Å². The van der Waals surface area contributed by atoms with Crippen LogP contribution < -0.4 is 5.32 Å². The minimum Gasteiger partial charge on any atom is -0.462 e. The Morgan fingerprint density at radius 2 is 1.65 bits per heavy atom. The van der Waals surface area contributed by atoms with Crippen LogP contribution in [0.25, 0.3) is 0 Å². The van der Waals surface area contributed by atoms with Crippen molar-refractivity contribution in [3.8, 4) is 0 Å². The van der Waals surface area contributed by atoms with Gasteiger partial charge in [-0.15, -0.1) is 0 Å². The summed E-state index contributed by atoms with van der Waals surface area (Å²) >= 11 is 0. The number of hydrogen-bond donors (Lipinski definition) is 1. The van der Waals surface area contributed by atoms with Crippen molar-refractivity contribution in [3.05, 3.63) is 35.4 Å². The van der Waals surface area contributed by atoms with Crippen LogP contribution in [0.3, 0.4) is 0 Å². The molecule has 1 aromatic carbocycles. The van der Waals surface area contributed by atoms with Gasteiger partial charge in [-0.25, -0.2) is 9.59 Å². The summed E-state index contributed by atoms with van der Waals surface area (Å²) in [5.74, 6) is -0.943. The second-order valence-electron chi connectivity index (χ2n) is 6.28. The SMILES string of the molecule is CCOC(=O)c1cccc(CC(=O)OCCOC(=O)NCCC[Si](OC)(OC)OC)c1. The topological polar surface area (TPSA) is 119 Å². The van der Waals surface area contributed by atoms with Gasteiger partial charge >= 0.3 is 26.8 Å². The number of nitrogens with one attached hydrogen (secondary N) is 1. The maximum atomic E-state index is 11.9. The summed E-state index contributed by atoms with van der Waals surface area (Å²) < 4.78 is 30.8. The first-order chi connectivity index (χ1) is 14.9. The van der Waals surface area contributed by atoms with E-state index in [0.29, 0.717) is 30.1 Å². The fourth-order valence-corrected chi connectivity index (χ4v) is 4.35. The van der Waals surface area contributed by atoms with Gasteiger partial charge in [0.05, 0.1) is 18.6 Å². The predicted molar refractivity (Wildman–Crippen MR) is 113 cm³/mol. The molecule has 0 fully saturated rings. The molecule has 11 heteroatoms. The molecule has 31 heavy (non-hydrogen) atoms. The van der Waals surface area contributed by atoms with E-state index in [1.54, 1.807) is 31.2 Å².